The molecule has 0 amide bonds. The van der Waals surface area contributed by atoms with Gasteiger partial charge in [0.2, 0.25) is 0 Å². The minimum atomic E-state index is 0.743. The summed E-state index contributed by atoms with van der Waals surface area (Å²) >= 11 is 7.58. The predicted octanol–water partition coefficient (Wildman–Crippen LogP) is 5.48. The molecule has 2 heterocycles. The van der Waals surface area contributed by atoms with Crippen molar-refractivity contribution in [2.24, 2.45) is 0 Å². The van der Waals surface area contributed by atoms with Crippen LogP contribution in [0.3, 0.4) is 0 Å². The van der Waals surface area contributed by atoms with Gasteiger partial charge >= 0.3 is 0 Å². The highest BCUT2D eigenvalue weighted by Crippen LogP contribution is 2.29. The van der Waals surface area contributed by atoms with Gasteiger partial charge in [-0.25, -0.2) is 4.98 Å². The van der Waals surface area contributed by atoms with E-state index in [0.29, 0.717) is 0 Å². The number of benzene rings is 1. The Balaban J connectivity index is 1.91. The van der Waals surface area contributed by atoms with Gasteiger partial charge < -0.3 is 0 Å². The van der Waals surface area contributed by atoms with E-state index in [1.165, 1.54) is 0 Å². The molecule has 0 spiro atoms. The minimum absolute atomic E-state index is 0.743. The van der Waals surface area contributed by atoms with E-state index >= 15 is 0 Å². The molecule has 3 aromatic rings. The van der Waals surface area contributed by atoms with Crippen molar-refractivity contribution in [3.05, 3.63) is 58.7 Å². The predicted molar refractivity (Wildman–Crippen MR) is 89.8 cm³/mol. The number of rotatable bonds is 4. The Hall–Kier alpha value is -1.71. The van der Waals surface area contributed by atoms with Crippen LogP contribution < -0.4 is 0 Å². The SMILES string of the molecule is CCCc1cc(-c2nc(-c3ccc(Cl)cc3)cs2)ccn1. The normalized spacial score (nSPS) is 10.8. The fourth-order valence-corrected chi connectivity index (χ4v) is 3.12. The van der Waals surface area contributed by atoms with Crippen LogP contribution in [0.5, 0.6) is 0 Å². The zero-order chi connectivity index (χ0) is 14.7. The molecule has 3 rings (SSSR count). The van der Waals surface area contributed by atoms with Crippen molar-refractivity contribution in [1.82, 2.24) is 9.97 Å². The van der Waals surface area contributed by atoms with E-state index < -0.39 is 0 Å². The van der Waals surface area contributed by atoms with E-state index in [4.69, 9.17) is 16.6 Å². The summed E-state index contributed by atoms with van der Waals surface area (Å²) in [6, 6.07) is 11.9. The molecule has 0 atom stereocenters. The van der Waals surface area contributed by atoms with Gasteiger partial charge in [0.1, 0.15) is 5.01 Å². The molecule has 0 bridgehead atoms. The van der Waals surface area contributed by atoms with Crippen molar-refractivity contribution in [2.45, 2.75) is 19.8 Å². The number of aromatic nitrogens is 2. The van der Waals surface area contributed by atoms with E-state index in [2.05, 4.69) is 23.4 Å². The average molecular weight is 315 g/mol. The third-order valence-electron chi connectivity index (χ3n) is 3.21. The molecule has 0 N–H and O–H groups in total. The van der Waals surface area contributed by atoms with Crippen LogP contribution in [-0.4, -0.2) is 9.97 Å². The summed E-state index contributed by atoms with van der Waals surface area (Å²) in [6.07, 6.45) is 3.97. The topological polar surface area (TPSA) is 25.8 Å². The second-order valence-corrected chi connectivity index (χ2v) is 6.13. The molecule has 1 aromatic carbocycles. The van der Waals surface area contributed by atoms with E-state index in [9.17, 15) is 0 Å². The van der Waals surface area contributed by atoms with Crippen LogP contribution in [0.15, 0.2) is 48.0 Å². The Morgan fingerprint density at radius 1 is 1.10 bits per heavy atom. The van der Waals surface area contributed by atoms with E-state index in [1.54, 1.807) is 11.3 Å². The Morgan fingerprint density at radius 2 is 1.90 bits per heavy atom. The summed E-state index contributed by atoms with van der Waals surface area (Å²) in [4.78, 5) is 9.12. The molecular formula is C17H15ClN2S. The van der Waals surface area contributed by atoms with Crippen LogP contribution in [0.4, 0.5) is 0 Å². The summed E-state index contributed by atoms with van der Waals surface area (Å²) < 4.78 is 0. The molecule has 0 saturated heterocycles. The van der Waals surface area contributed by atoms with Gasteiger partial charge in [0, 0.05) is 33.4 Å². The van der Waals surface area contributed by atoms with Crippen molar-refractivity contribution in [3.63, 3.8) is 0 Å². The quantitative estimate of drug-likeness (QED) is 0.637. The zero-order valence-corrected chi connectivity index (χ0v) is 13.3. The van der Waals surface area contributed by atoms with E-state index in [1.807, 2.05) is 36.5 Å². The molecule has 0 unspecified atom stereocenters. The first-order chi connectivity index (χ1) is 10.3. The molecule has 21 heavy (non-hydrogen) atoms. The Labute approximate surface area is 133 Å². The molecule has 0 aliphatic carbocycles. The van der Waals surface area contributed by atoms with Crippen LogP contribution in [0.25, 0.3) is 21.8 Å². The molecule has 4 heteroatoms. The highest BCUT2D eigenvalue weighted by atomic mass is 35.5. The van der Waals surface area contributed by atoms with Crippen LogP contribution >= 0.6 is 22.9 Å². The van der Waals surface area contributed by atoms with Gasteiger partial charge in [0.05, 0.1) is 5.69 Å². The molecule has 0 saturated carbocycles. The van der Waals surface area contributed by atoms with Crippen LogP contribution in [-0.2, 0) is 6.42 Å². The third kappa shape index (κ3) is 3.31. The highest BCUT2D eigenvalue weighted by Gasteiger charge is 2.07. The van der Waals surface area contributed by atoms with Gasteiger partial charge in [-0.3, -0.25) is 4.98 Å². The number of halogens is 1. The molecule has 0 fully saturated rings. The standard InChI is InChI=1S/C17H15ClN2S/c1-2-3-15-10-13(8-9-19-15)17-20-16(11-21-17)12-4-6-14(18)7-5-12/h4-11H,2-3H2,1H3. The summed E-state index contributed by atoms with van der Waals surface area (Å²) in [5, 5.41) is 3.85. The molecule has 2 nitrogen and oxygen atoms in total. The third-order valence-corrected chi connectivity index (χ3v) is 4.36. The zero-order valence-electron chi connectivity index (χ0n) is 11.7. The fourth-order valence-electron chi connectivity index (χ4n) is 2.16. The number of hydrogen-bond acceptors (Lipinski definition) is 3. The average Bonchev–Trinajstić information content (AvgIpc) is 2.98. The van der Waals surface area contributed by atoms with E-state index in [-0.39, 0.29) is 0 Å². The Bertz CT molecular complexity index is 735. The smallest absolute Gasteiger partial charge is 0.124 e. The lowest BCUT2D eigenvalue weighted by atomic mass is 10.1. The maximum absolute atomic E-state index is 5.92. The first-order valence-corrected chi connectivity index (χ1v) is 8.19. The highest BCUT2D eigenvalue weighted by molar-refractivity contribution is 7.13. The monoisotopic (exact) mass is 314 g/mol. The van der Waals surface area contributed by atoms with Gasteiger partial charge in [0.15, 0.2) is 0 Å². The maximum atomic E-state index is 5.92. The van der Waals surface area contributed by atoms with Crippen LogP contribution in [0, 0.1) is 0 Å². The van der Waals surface area contributed by atoms with Crippen LogP contribution in [0.2, 0.25) is 5.02 Å². The molecule has 0 aliphatic rings. The molecule has 0 radical (unpaired) electrons. The number of nitrogens with zero attached hydrogens (tertiary/aromatic N) is 2. The lowest BCUT2D eigenvalue weighted by Gasteiger charge is -2.01. The first kappa shape index (κ1) is 14.2. The van der Waals surface area contributed by atoms with Crippen LogP contribution in [0.1, 0.15) is 19.0 Å². The van der Waals surface area contributed by atoms with Gasteiger partial charge in [-0.15, -0.1) is 11.3 Å². The van der Waals surface area contributed by atoms with Crippen molar-refractivity contribution < 1.29 is 0 Å². The van der Waals surface area contributed by atoms with Gasteiger partial charge in [-0.1, -0.05) is 37.1 Å². The second-order valence-electron chi connectivity index (χ2n) is 4.83. The van der Waals surface area contributed by atoms with Gasteiger partial charge in [-0.2, -0.15) is 0 Å². The van der Waals surface area contributed by atoms with E-state index in [0.717, 1.165) is 45.4 Å². The molecule has 0 aliphatic heterocycles. The lowest BCUT2D eigenvalue weighted by Crippen LogP contribution is -1.89. The second kappa shape index (κ2) is 6.37. The minimum Gasteiger partial charge on any atom is -0.261 e. The number of pyridine rings is 1. The number of hydrogen-bond donors (Lipinski definition) is 0. The number of aryl methyl sites for hydroxylation is 1. The Morgan fingerprint density at radius 3 is 2.67 bits per heavy atom. The summed E-state index contributed by atoms with van der Waals surface area (Å²) in [5.74, 6) is 0. The summed E-state index contributed by atoms with van der Waals surface area (Å²) in [6.45, 7) is 2.16. The van der Waals surface area contributed by atoms with Crippen molar-refractivity contribution in [3.8, 4) is 21.8 Å². The molecular weight excluding hydrogens is 300 g/mol. The first-order valence-electron chi connectivity index (χ1n) is 6.93. The van der Waals surface area contributed by atoms with Crippen molar-refractivity contribution >= 4 is 22.9 Å². The lowest BCUT2D eigenvalue weighted by molar-refractivity contribution is 0.883. The summed E-state index contributed by atoms with van der Waals surface area (Å²) in [5.41, 5.74) is 4.34. The maximum Gasteiger partial charge on any atom is 0.124 e. The number of thiazole rings is 1. The summed E-state index contributed by atoms with van der Waals surface area (Å²) in [7, 11) is 0. The van der Waals surface area contributed by atoms with Gasteiger partial charge in [-0.05, 0) is 30.7 Å². The fraction of sp³-hybridized carbons (Fsp3) is 0.176. The molecule has 2 aromatic heterocycles. The van der Waals surface area contributed by atoms with Crippen molar-refractivity contribution in [2.75, 3.05) is 0 Å². The van der Waals surface area contributed by atoms with Crippen molar-refractivity contribution in [1.29, 1.82) is 0 Å². The largest absolute Gasteiger partial charge is 0.261 e. The van der Waals surface area contributed by atoms with Gasteiger partial charge in [0.25, 0.3) is 0 Å². The molecule has 106 valence electrons. The Kier molecular flexibility index (Phi) is 4.32.